The summed E-state index contributed by atoms with van der Waals surface area (Å²) in [7, 11) is 0. The van der Waals surface area contributed by atoms with Crippen molar-refractivity contribution in [1.29, 1.82) is 0 Å². The number of benzene rings is 1. The molecule has 1 saturated heterocycles. The number of amides is 2. The van der Waals surface area contributed by atoms with E-state index in [1.165, 1.54) is 12.1 Å². The Balaban J connectivity index is 1.75. The first kappa shape index (κ1) is 13.4. The smallest absolute Gasteiger partial charge is 0.387 e. The van der Waals surface area contributed by atoms with Crippen molar-refractivity contribution in [1.82, 2.24) is 10.2 Å². The van der Waals surface area contributed by atoms with Gasteiger partial charge in [-0.05, 0) is 24.3 Å². The molecule has 2 N–H and O–H groups in total. The van der Waals surface area contributed by atoms with Crippen molar-refractivity contribution in [3.8, 4) is 5.75 Å². The standard InChI is InChI=1S/C12H15F2N3O2/c13-11(14)19-10-3-1-9(2-4-10)15-5-7-17-8-6-16-12(17)18/h1-4,11,15H,5-8H2,(H,16,18). The Labute approximate surface area is 109 Å². The van der Waals surface area contributed by atoms with Gasteiger partial charge in [-0.1, -0.05) is 0 Å². The number of hydrogen-bond donors (Lipinski definition) is 2. The van der Waals surface area contributed by atoms with Gasteiger partial charge < -0.3 is 20.3 Å². The van der Waals surface area contributed by atoms with Gasteiger partial charge in [-0.3, -0.25) is 0 Å². The normalized spacial score (nSPS) is 14.7. The van der Waals surface area contributed by atoms with Crippen LogP contribution in [-0.2, 0) is 0 Å². The fourth-order valence-electron chi connectivity index (χ4n) is 1.81. The van der Waals surface area contributed by atoms with E-state index >= 15 is 0 Å². The molecule has 7 heteroatoms. The Morgan fingerprint density at radius 1 is 1.37 bits per heavy atom. The molecule has 0 aliphatic carbocycles. The molecule has 1 aliphatic heterocycles. The van der Waals surface area contributed by atoms with Gasteiger partial charge in [-0.25, -0.2) is 4.79 Å². The summed E-state index contributed by atoms with van der Waals surface area (Å²) in [5.74, 6) is 0.125. The van der Waals surface area contributed by atoms with Crippen LogP contribution in [0.4, 0.5) is 19.3 Å². The molecule has 0 aromatic heterocycles. The van der Waals surface area contributed by atoms with Gasteiger partial charge in [0.05, 0.1) is 0 Å². The second kappa shape index (κ2) is 6.21. The van der Waals surface area contributed by atoms with E-state index in [9.17, 15) is 13.6 Å². The lowest BCUT2D eigenvalue weighted by Gasteiger charge is -2.15. The van der Waals surface area contributed by atoms with Crippen LogP contribution in [0.5, 0.6) is 5.75 Å². The number of nitrogens with one attached hydrogen (secondary N) is 2. The third-order valence-corrected chi connectivity index (χ3v) is 2.74. The van der Waals surface area contributed by atoms with E-state index < -0.39 is 6.61 Å². The van der Waals surface area contributed by atoms with Gasteiger partial charge in [0.15, 0.2) is 0 Å². The highest BCUT2D eigenvalue weighted by Crippen LogP contribution is 2.17. The summed E-state index contributed by atoms with van der Waals surface area (Å²) in [6, 6.07) is 6.19. The number of ether oxygens (including phenoxy) is 1. The average molecular weight is 271 g/mol. The quantitative estimate of drug-likeness (QED) is 0.828. The lowest BCUT2D eigenvalue weighted by atomic mass is 10.3. The fraction of sp³-hybridized carbons (Fsp3) is 0.417. The van der Waals surface area contributed by atoms with E-state index in [1.54, 1.807) is 17.0 Å². The van der Waals surface area contributed by atoms with Crippen LogP contribution < -0.4 is 15.4 Å². The molecule has 104 valence electrons. The first-order valence-corrected chi connectivity index (χ1v) is 5.96. The topological polar surface area (TPSA) is 53.6 Å². The second-order valence-electron chi connectivity index (χ2n) is 4.05. The molecular formula is C12H15F2N3O2. The van der Waals surface area contributed by atoms with Gasteiger partial charge in [0, 0.05) is 31.9 Å². The first-order chi connectivity index (χ1) is 9.15. The Bertz CT molecular complexity index is 425. The number of halogens is 2. The number of alkyl halides is 2. The van der Waals surface area contributed by atoms with Crippen LogP contribution in [0.25, 0.3) is 0 Å². The molecule has 1 aromatic rings. The Hall–Kier alpha value is -2.05. The Kier molecular flexibility index (Phi) is 4.38. The maximum Gasteiger partial charge on any atom is 0.387 e. The molecule has 0 spiro atoms. The molecule has 1 fully saturated rings. The highest BCUT2D eigenvalue weighted by Gasteiger charge is 2.18. The lowest BCUT2D eigenvalue weighted by molar-refractivity contribution is -0.0498. The highest BCUT2D eigenvalue weighted by atomic mass is 19.3. The van der Waals surface area contributed by atoms with E-state index in [1.807, 2.05) is 0 Å². The number of carbonyl (C=O) groups is 1. The summed E-state index contributed by atoms with van der Waals surface area (Å²) < 4.78 is 28.2. The van der Waals surface area contributed by atoms with E-state index in [0.717, 1.165) is 5.69 Å². The summed E-state index contributed by atoms with van der Waals surface area (Å²) in [6.07, 6.45) is 0. The SMILES string of the molecule is O=C1NCCN1CCNc1ccc(OC(F)F)cc1. The molecule has 0 bridgehead atoms. The zero-order valence-corrected chi connectivity index (χ0v) is 10.2. The van der Waals surface area contributed by atoms with Gasteiger partial charge in [0.2, 0.25) is 0 Å². The molecule has 5 nitrogen and oxygen atoms in total. The maximum absolute atomic E-state index is 12.0. The molecule has 19 heavy (non-hydrogen) atoms. The molecule has 1 heterocycles. The second-order valence-corrected chi connectivity index (χ2v) is 4.05. The van der Waals surface area contributed by atoms with E-state index in [4.69, 9.17) is 0 Å². The number of hydrogen-bond acceptors (Lipinski definition) is 3. The van der Waals surface area contributed by atoms with Crippen LogP contribution >= 0.6 is 0 Å². The first-order valence-electron chi connectivity index (χ1n) is 5.96. The van der Waals surface area contributed by atoms with Crippen molar-refractivity contribution in [2.75, 3.05) is 31.5 Å². The van der Waals surface area contributed by atoms with Crippen LogP contribution in [0.3, 0.4) is 0 Å². The molecule has 1 aliphatic rings. The van der Waals surface area contributed by atoms with Gasteiger partial charge >= 0.3 is 12.6 Å². The van der Waals surface area contributed by atoms with Gasteiger partial charge in [-0.2, -0.15) is 8.78 Å². The molecule has 0 radical (unpaired) electrons. The number of anilines is 1. The number of carbonyl (C=O) groups excluding carboxylic acids is 1. The third-order valence-electron chi connectivity index (χ3n) is 2.74. The number of nitrogens with zero attached hydrogens (tertiary/aromatic N) is 1. The zero-order chi connectivity index (χ0) is 13.7. The Morgan fingerprint density at radius 2 is 2.11 bits per heavy atom. The molecule has 2 amide bonds. The predicted molar refractivity (Wildman–Crippen MR) is 66.5 cm³/mol. The van der Waals surface area contributed by atoms with Crippen molar-refractivity contribution in [2.24, 2.45) is 0 Å². The minimum absolute atomic E-state index is 0.0533. The van der Waals surface area contributed by atoms with Crippen molar-refractivity contribution in [2.45, 2.75) is 6.61 Å². The molecule has 0 atom stereocenters. The summed E-state index contributed by atoms with van der Waals surface area (Å²) >= 11 is 0. The van der Waals surface area contributed by atoms with Crippen LogP contribution in [0.15, 0.2) is 24.3 Å². The van der Waals surface area contributed by atoms with Crippen LogP contribution in [-0.4, -0.2) is 43.7 Å². The molecule has 2 rings (SSSR count). The van der Waals surface area contributed by atoms with Crippen molar-refractivity contribution in [3.63, 3.8) is 0 Å². The molecule has 0 unspecified atom stereocenters. The minimum atomic E-state index is -2.81. The van der Waals surface area contributed by atoms with E-state index in [2.05, 4.69) is 15.4 Å². The van der Waals surface area contributed by atoms with Crippen LogP contribution in [0.2, 0.25) is 0 Å². The fourth-order valence-corrected chi connectivity index (χ4v) is 1.81. The minimum Gasteiger partial charge on any atom is -0.435 e. The third kappa shape index (κ3) is 3.97. The van der Waals surface area contributed by atoms with Gasteiger partial charge in [0.25, 0.3) is 0 Å². The summed E-state index contributed by atoms with van der Waals surface area (Å²) in [5.41, 5.74) is 0.793. The highest BCUT2D eigenvalue weighted by molar-refractivity contribution is 5.76. The summed E-state index contributed by atoms with van der Waals surface area (Å²) in [4.78, 5) is 13.0. The molecule has 1 aromatic carbocycles. The Morgan fingerprint density at radius 3 is 2.68 bits per heavy atom. The molecular weight excluding hydrogens is 256 g/mol. The predicted octanol–water partition coefficient (Wildman–Crippen LogP) is 1.73. The lowest BCUT2D eigenvalue weighted by Crippen LogP contribution is -2.32. The van der Waals surface area contributed by atoms with Crippen LogP contribution in [0, 0.1) is 0 Å². The maximum atomic E-state index is 12.0. The van der Waals surface area contributed by atoms with E-state index in [-0.39, 0.29) is 11.8 Å². The van der Waals surface area contributed by atoms with E-state index in [0.29, 0.717) is 26.2 Å². The summed E-state index contributed by atoms with van der Waals surface area (Å²) in [5, 5.41) is 5.82. The van der Waals surface area contributed by atoms with Gasteiger partial charge in [0.1, 0.15) is 5.75 Å². The summed E-state index contributed by atoms with van der Waals surface area (Å²) in [6.45, 7) is -0.225. The van der Waals surface area contributed by atoms with Crippen LogP contribution in [0.1, 0.15) is 0 Å². The van der Waals surface area contributed by atoms with Crippen molar-refractivity contribution >= 4 is 11.7 Å². The van der Waals surface area contributed by atoms with Crippen molar-refractivity contribution in [3.05, 3.63) is 24.3 Å². The van der Waals surface area contributed by atoms with Crippen molar-refractivity contribution < 1.29 is 18.3 Å². The largest absolute Gasteiger partial charge is 0.435 e. The average Bonchev–Trinajstić information content (AvgIpc) is 2.77. The zero-order valence-electron chi connectivity index (χ0n) is 10.2. The number of urea groups is 1. The monoisotopic (exact) mass is 271 g/mol. The number of rotatable bonds is 6. The molecule has 0 saturated carbocycles. The van der Waals surface area contributed by atoms with Gasteiger partial charge in [-0.15, -0.1) is 0 Å².